The molecule has 3 rings (SSSR count). The molecule has 2 aliphatic rings. The minimum Gasteiger partial charge on any atom is -0.441 e. The van der Waals surface area contributed by atoms with Crippen molar-refractivity contribution in [3.8, 4) is 0 Å². The Bertz CT molecular complexity index is 726. The molecule has 1 aromatic carbocycles. The van der Waals surface area contributed by atoms with Gasteiger partial charge >= 0.3 is 6.09 Å². The van der Waals surface area contributed by atoms with Crippen LogP contribution in [0.4, 0.5) is 4.79 Å². The Kier molecular flexibility index (Phi) is 5.49. The number of fused-ring (bicyclic) bond motifs is 1. The molecule has 8 nitrogen and oxygen atoms in total. The van der Waals surface area contributed by atoms with Crippen LogP contribution in [0.1, 0.15) is 6.92 Å². The highest BCUT2D eigenvalue weighted by Crippen LogP contribution is 2.30. The summed E-state index contributed by atoms with van der Waals surface area (Å²) in [6, 6.07) is 5.30. The zero-order valence-corrected chi connectivity index (χ0v) is 15.0. The summed E-state index contributed by atoms with van der Waals surface area (Å²) in [4.78, 5) is 11.6. The van der Waals surface area contributed by atoms with Gasteiger partial charge in [0, 0.05) is 11.6 Å². The third kappa shape index (κ3) is 4.06. The van der Waals surface area contributed by atoms with Crippen LogP contribution in [0.25, 0.3) is 0 Å². The van der Waals surface area contributed by atoms with Crippen molar-refractivity contribution in [1.29, 1.82) is 0 Å². The van der Waals surface area contributed by atoms with Gasteiger partial charge in [-0.25, -0.2) is 17.9 Å². The molecule has 0 radical (unpaired) electrons. The lowest BCUT2D eigenvalue weighted by Crippen LogP contribution is -2.44. The SMILES string of the molecule is CCNC(=O)O[C@H]1CO[C@@H]2[C@@H]1OC[C@@H]2NS(=O)(=O)c1ccc(Cl)cc1. The number of alkyl carbamates (subject to hydrolysis) is 1. The van der Waals surface area contributed by atoms with Gasteiger partial charge in [0.2, 0.25) is 10.0 Å². The Labute approximate surface area is 150 Å². The number of nitrogens with one attached hydrogen (secondary N) is 2. The van der Waals surface area contributed by atoms with Crippen LogP contribution in [0.5, 0.6) is 0 Å². The second-order valence-electron chi connectivity index (χ2n) is 5.75. The lowest BCUT2D eigenvalue weighted by Gasteiger charge is -2.18. The van der Waals surface area contributed by atoms with Crippen LogP contribution >= 0.6 is 11.6 Å². The van der Waals surface area contributed by atoms with Gasteiger partial charge in [0.05, 0.1) is 24.2 Å². The molecule has 0 saturated carbocycles. The summed E-state index contributed by atoms with van der Waals surface area (Å²) < 4.78 is 44.0. The van der Waals surface area contributed by atoms with E-state index >= 15 is 0 Å². The summed E-state index contributed by atoms with van der Waals surface area (Å²) in [7, 11) is -3.74. The number of sulfonamides is 1. The summed E-state index contributed by atoms with van der Waals surface area (Å²) in [6.07, 6.45) is -2.13. The van der Waals surface area contributed by atoms with E-state index in [9.17, 15) is 13.2 Å². The molecule has 1 amide bonds. The zero-order valence-electron chi connectivity index (χ0n) is 13.5. The number of benzene rings is 1. The molecular weight excluding hydrogens is 372 g/mol. The van der Waals surface area contributed by atoms with E-state index in [4.69, 9.17) is 25.8 Å². The summed E-state index contributed by atoms with van der Waals surface area (Å²) in [5.41, 5.74) is 0. The lowest BCUT2D eigenvalue weighted by atomic mass is 10.1. The molecule has 138 valence electrons. The third-order valence-corrected chi connectivity index (χ3v) is 5.78. The van der Waals surface area contributed by atoms with E-state index in [1.54, 1.807) is 6.92 Å². The second kappa shape index (κ2) is 7.46. The maximum atomic E-state index is 12.5. The summed E-state index contributed by atoms with van der Waals surface area (Å²) in [5, 5.41) is 2.98. The molecule has 2 saturated heterocycles. The van der Waals surface area contributed by atoms with E-state index in [-0.39, 0.29) is 18.1 Å². The van der Waals surface area contributed by atoms with Crippen molar-refractivity contribution in [3.05, 3.63) is 29.3 Å². The lowest BCUT2D eigenvalue weighted by molar-refractivity contribution is 0.00428. The number of hydrogen-bond acceptors (Lipinski definition) is 6. The number of ether oxygens (including phenoxy) is 3. The van der Waals surface area contributed by atoms with Gasteiger partial charge in [0.1, 0.15) is 12.2 Å². The van der Waals surface area contributed by atoms with E-state index in [0.717, 1.165) is 0 Å². The number of halogens is 1. The minimum atomic E-state index is -3.74. The summed E-state index contributed by atoms with van der Waals surface area (Å²) >= 11 is 5.78. The molecule has 25 heavy (non-hydrogen) atoms. The molecule has 0 spiro atoms. The van der Waals surface area contributed by atoms with Gasteiger partial charge in [-0.3, -0.25) is 0 Å². The number of hydrogen-bond donors (Lipinski definition) is 2. The number of carbonyl (C=O) groups excluding carboxylic acids is 1. The normalized spacial score (nSPS) is 28.6. The fraction of sp³-hybridized carbons (Fsp3) is 0.533. The highest BCUT2D eigenvalue weighted by Gasteiger charge is 2.50. The smallest absolute Gasteiger partial charge is 0.407 e. The second-order valence-corrected chi connectivity index (χ2v) is 7.90. The van der Waals surface area contributed by atoms with Crippen LogP contribution in [-0.2, 0) is 24.2 Å². The van der Waals surface area contributed by atoms with Crippen LogP contribution in [0.3, 0.4) is 0 Å². The van der Waals surface area contributed by atoms with Gasteiger partial charge in [0.15, 0.2) is 6.10 Å². The first kappa shape index (κ1) is 18.4. The van der Waals surface area contributed by atoms with Gasteiger partial charge in [-0.1, -0.05) is 11.6 Å². The maximum Gasteiger partial charge on any atom is 0.407 e. The molecule has 2 N–H and O–H groups in total. The van der Waals surface area contributed by atoms with E-state index in [1.165, 1.54) is 24.3 Å². The zero-order chi connectivity index (χ0) is 18.0. The Morgan fingerprint density at radius 3 is 2.60 bits per heavy atom. The fourth-order valence-electron chi connectivity index (χ4n) is 2.87. The minimum absolute atomic E-state index is 0.105. The van der Waals surface area contributed by atoms with Gasteiger partial charge in [-0.15, -0.1) is 0 Å². The van der Waals surface area contributed by atoms with Crippen LogP contribution in [-0.4, -0.2) is 58.6 Å². The van der Waals surface area contributed by atoms with Crippen molar-refractivity contribution in [2.75, 3.05) is 19.8 Å². The van der Waals surface area contributed by atoms with Crippen molar-refractivity contribution >= 4 is 27.7 Å². The van der Waals surface area contributed by atoms with Gasteiger partial charge in [-0.2, -0.15) is 0 Å². The molecule has 0 aromatic heterocycles. The number of carbonyl (C=O) groups is 1. The van der Waals surface area contributed by atoms with Gasteiger partial charge in [-0.05, 0) is 31.2 Å². The average molecular weight is 391 g/mol. The molecule has 2 heterocycles. The van der Waals surface area contributed by atoms with Gasteiger partial charge < -0.3 is 19.5 Å². The molecule has 2 aliphatic heterocycles. The van der Waals surface area contributed by atoms with Crippen LogP contribution < -0.4 is 10.0 Å². The third-order valence-electron chi connectivity index (χ3n) is 4.02. The molecular formula is C15H19ClN2O6S. The van der Waals surface area contributed by atoms with Crippen molar-refractivity contribution in [1.82, 2.24) is 10.0 Å². The van der Waals surface area contributed by atoms with E-state index in [2.05, 4.69) is 10.0 Å². The van der Waals surface area contributed by atoms with Crippen LogP contribution in [0.2, 0.25) is 5.02 Å². The van der Waals surface area contributed by atoms with Gasteiger partial charge in [0.25, 0.3) is 0 Å². The fourth-order valence-corrected chi connectivity index (χ4v) is 4.23. The molecule has 1 aromatic rings. The van der Waals surface area contributed by atoms with E-state index < -0.39 is 40.5 Å². The molecule has 2 fully saturated rings. The molecule has 10 heteroatoms. The number of amides is 1. The first-order valence-corrected chi connectivity index (χ1v) is 9.72. The van der Waals surface area contributed by atoms with E-state index in [1.807, 2.05) is 0 Å². The molecule has 0 aliphatic carbocycles. The topological polar surface area (TPSA) is 103 Å². The first-order chi connectivity index (χ1) is 11.9. The highest BCUT2D eigenvalue weighted by molar-refractivity contribution is 7.89. The molecule has 0 unspecified atom stereocenters. The van der Waals surface area contributed by atoms with Crippen molar-refractivity contribution < 1.29 is 27.4 Å². The Morgan fingerprint density at radius 2 is 1.92 bits per heavy atom. The highest BCUT2D eigenvalue weighted by atomic mass is 35.5. The van der Waals surface area contributed by atoms with Crippen LogP contribution in [0.15, 0.2) is 29.2 Å². The maximum absolute atomic E-state index is 12.5. The standard InChI is InChI=1S/C15H19ClN2O6S/c1-2-17-15(19)24-12-8-23-13-11(7-22-14(12)13)18-25(20,21)10-5-3-9(16)4-6-10/h3-6,11-14,18H,2,7-8H2,1H3,(H,17,19)/t11-,12-,13-,14+/m0/s1. The molecule has 0 bridgehead atoms. The number of rotatable bonds is 5. The van der Waals surface area contributed by atoms with Crippen molar-refractivity contribution in [2.45, 2.75) is 36.2 Å². The summed E-state index contributed by atoms with van der Waals surface area (Å²) in [5.74, 6) is 0. The first-order valence-electron chi connectivity index (χ1n) is 7.86. The van der Waals surface area contributed by atoms with Crippen molar-refractivity contribution in [3.63, 3.8) is 0 Å². The Hall–Kier alpha value is -1.39. The predicted octanol–water partition coefficient (Wildman–Crippen LogP) is 0.899. The predicted molar refractivity (Wildman–Crippen MR) is 89.0 cm³/mol. The van der Waals surface area contributed by atoms with E-state index in [0.29, 0.717) is 11.6 Å². The largest absolute Gasteiger partial charge is 0.441 e. The monoisotopic (exact) mass is 390 g/mol. The average Bonchev–Trinajstić information content (AvgIpc) is 3.12. The Morgan fingerprint density at radius 1 is 1.24 bits per heavy atom. The molecule has 4 atom stereocenters. The van der Waals surface area contributed by atoms with Crippen LogP contribution in [0, 0.1) is 0 Å². The summed E-state index contributed by atoms with van der Waals surface area (Å²) in [6.45, 7) is 2.52. The quantitative estimate of drug-likeness (QED) is 0.774. The van der Waals surface area contributed by atoms with Crippen molar-refractivity contribution in [2.24, 2.45) is 0 Å². The Balaban J connectivity index is 1.64.